The minimum atomic E-state index is -5.08. The molecule has 4 N–H and O–H groups in total. The number of anilines is 2. The van der Waals surface area contributed by atoms with Gasteiger partial charge in [0.2, 0.25) is 5.91 Å². The summed E-state index contributed by atoms with van der Waals surface area (Å²) in [4.78, 5) is 24.9. The number of nitrogens with one attached hydrogen (secondary N) is 1. The number of carbonyl (C=O) groups excluding carboxylic acids is 1. The number of halogens is 4. The zero-order chi connectivity index (χ0) is 28.5. The van der Waals surface area contributed by atoms with E-state index in [1.807, 2.05) is 23.1 Å². The molecule has 0 aromatic heterocycles. The normalized spacial score (nSPS) is 22.1. The third kappa shape index (κ3) is 6.68. The quantitative estimate of drug-likeness (QED) is 0.412. The Hall–Kier alpha value is -3.22. The molecule has 0 saturated carbocycles. The lowest BCUT2D eigenvalue weighted by atomic mass is 9.86. The van der Waals surface area contributed by atoms with Gasteiger partial charge in [0.1, 0.15) is 17.1 Å². The van der Waals surface area contributed by atoms with Crippen LogP contribution in [0.15, 0.2) is 36.4 Å². The molecule has 0 aliphatic carbocycles. The standard InChI is InChI=1S/C24H28ClN3O4.C2HF3O2/c1-15(29)26-19-4-3-18(30)11-20(19)28-13-21(22(31)14-28)27-8-6-24(7-9-27)12-16-10-17(25)2-5-23(16)32-24;3-2(4,5)1(6)7/h2-5,10-11,21-22,30-31H,6-9,12-14H2,1H3,(H,26,29);(H,6,7)/t21?,22-;/m1./s1. The molecule has 2 aromatic rings. The molecular formula is C26H29ClF3N3O6. The summed E-state index contributed by atoms with van der Waals surface area (Å²) in [5.74, 6) is -1.87. The molecule has 2 fully saturated rings. The number of benzene rings is 2. The number of phenolic OH excluding ortho intramolecular Hbond substituents is 1. The third-order valence-electron chi connectivity index (χ3n) is 7.17. The van der Waals surface area contributed by atoms with E-state index in [0.717, 1.165) is 48.8 Å². The van der Waals surface area contributed by atoms with E-state index in [1.165, 1.54) is 12.5 Å². The molecule has 3 aliphatic heterocycles. The first-order valence-corrected chi connectivity index (χ1v) is 12.7. The number of ether oxygens (including phenoxy) is 1. The number of fused-ring (bicyclic) bond motifs is 1. The van der Waals surface area contributed by atoms with Crippen molar-refractivity contribution in [3.8, 4) is 11.5 Å². The lowest BCUT2D eigenvalue weighted by Gasteiger charge is -2.41. The smallest absolute Gasteiger partial charge is 0.490 e. The molecular weight excluding hydrogens is 543 g/mol. The van der Waals surface area contributed by atoms with Gasteiger partial charge in [0.15, 0.2) is 0 Å². The number of amides is 1. The molecule has 13 heteroatoms. The lowest BCUT2D eigenvalue weighted by Crippen LogP contribution is -2.53. The van der Waals surface area contributed by atoms with Crippen LogP contribution >= 0.6 is 11.6 Å². The number of β-amino-alcohol motifs (C(OH)–C–C–N with tert-alkyl or cyclic N) is 1. The number of alkyl halides is 3. The fourth-order valence-electron chi connectivity index (χ4n) is 5.35. The van der Waals surface area contributed by atoms with E-state index in [9.17, 15) is 28.2 Å². The fraction of sp³-hybridized carbons (Fsp3) is 0.462. The van der Waals surface area contributed by atoms with Gasteiger partial charge in [0.25, 0.3) is 0 Å². The second kappa shape index (κ2) is 11.1. The van der Waals surface area contributed by atoms with E-state index in [4.69, 9.17) is 26.2 Å². The molecule has 2 saturated heterocycles. The number of piperidine rings is 1. The van der Waals surface area contributed by atoms with Crippen LogP contribution in [0.5, 0.6) is 11.5 Å². The van der Waals surface area contributed by atoms with Crippen LogP contribution in [0.25, 0.3) is 0 Å². The Morgan fingerprint density at radius 2 is 1.79 bits per heavy atom. The number of aliphatic hydroxyl groups excluding tert-OH is 1. The van der Waals surface area contributed by atoms with Crippen molar-refractivity contribution in [2.24, 2.45) is 0 Å². The Balaban J connectivity index is 0.000000448. The molecule has 39 heavy (non-hydrogen) atoms. The molecule has 1 spiro atoms. The summed E-state index contributed by atoms with van der Waals surface area (Å²) in [5, 5.41) is 31.5. The number of rotatable bonds is 3. The first-order valence-electron chi connectivity index (χ1n) is 12.3. The van der Waals surface area contributed by atoms with Crippen molar-refractivity contribution >= 4 is 34.9 Å². The third-order valence-corrected chi connectivity index (χ3v) is 7.41. The number of aliphatic carboxylic acids is 1. The highest BCUT2D eigenvalue weighted by atomic mass is 35.5. The number of nitrogens with zero attached hydrogens (tertiary/aromatic N) is 2. The van der Waals surface area contributed by atoms with Gasteiger partial charge in [-0.05, 0) is 35.9 Å². The Morgan fingerprint density at radius 3 is 2.41 bits per heavy atom. The molecule has 2 aromatic carbocycles. The van der Waals surface area contributed by atoms with E-state index in [2.05, 4.69) is 10.2 Å². The summed E-state index contributed by atoms with van der Waals surface area (Å²) in [5.41, 5.74) is 2.35. The minimum absolute atomic E-state index is 0.0156. The maximum atomic E-state index is 11.6. The van der Waals surface area contributed by atoms with Crippen LogP contribution in [0.3, 0.4) is 0 Å². The molecule has 0 bridgehead atoms. The average Bonchev–Trinajstić information content (AvgIpc) is 3.40. The van der Waals surface area contributed by atoms with Gasteiger partial charge in [0, 0.05) is 63.5 Å². The molecule has 1 amide bonds. The molecule has 5 rings (SSSR count). The van der Waals surface area contributed by atoms with E-state index in [1.54, 1.807) is 18.2 Å². The second-order valence-corrected chi connectivity index (χ2v) is 10.4. The van der Waals surface area contributed by atoms with Gasteiger partial charge < -0.3 is 30.3 Å². The van der Waals surface area contributed by atoms with E-state index in [-0.39, 0.29) is 23.3 Å². The maximum absolute atomic E-state index is 11.6. The fourth-order valence-corrected chi connectivity index (χ4v) is 5.54. The Bertz CT molecular complexity index is 1240. The Kier molecular flexibility index (Phi) is 8.20. The number of hydrogen-bond acceptors (Lipinski definition) is 7. The number of hydrogen-bond donors (Lipinski definition) is 4. The maximum Gasteiger partial charge on any atom is 0.490 e. The highest BCUT2D eigenvalue weighted by Gasteiger charge is 2.45. The molecule has 212 valence electrons. The number of carboxylic acids is 1. The van der Waals surface area contributed by atoms with Gasteiger partial charge in [-0.3, -0.25) is 9.69 Å². The van der Waals surface area contributed by atoms with Gasteiger partial charge in [0.05, 0.1) is 23.5 Å². The average molecular weight is 572 g/mol. The highest BCUT2D eigenvalue weighted by molar-refractivity contribution is 6.30. The molecule has 1 unspecified atom stereocenters. The largest absolute Gasteiger partial charge is 0.508 e. The van der Waals surface area contributed by atoms with E-state index >= 15 is 0 Å². The van der Waals surface area contributed by atoms with Crippen molar-refractivity contribution < 1.29 is 42.8 Å². The van der Waals surface area contributed by atoms with Crippen molar-refractivity contribution in [2.45, 2.75) is 50.1 Å². The van der Waals surface area contributed by atoms with Crippen LogP contribution in [-0.2, 0) is 16.0 Å². The SMILES string of the molecule is CC(=O)Nc1ccc(O)cc1N1CC(N2CCC3(CC2)Cc2cc(Cl)ccc2O3)[C@H](O)C1.O=C(O)C(F)(F)F. The van der Waals surface area contributed by atoms with Crippen molar-refractivity contribution in [1.29, 1.82) is 0 Å². The van der Waals surface area contributed by atoms with Gasteiger partial charge >= 0.3 is 12.1 Å². The van der Waals surface area contributed by atoms with Gasteiger partial charge in [-0.2, -0.15) is 13.2 Å². The lowest BCUT2D eigenvalue weighted by molar-refractivity contribution is -0.192. The van der Waals surface area contributed by atoms with Crippen LogP contribution in [-0.4, -0.2) is 82.2 Å². The molecule has 3 aliphatic rings. The molecule has 0 radical (unpaired) electrons. The topological polar surface area (TPSA) is 123 Å². The van der Waals surface area contributed by atoms with E-state index in [0.29, 0.717) is 18.8 Å². The van der Waals surface area contributed by atoms with Crippen LogP contribution in [0.4, 0.5) is 24.5 Å². The number of likely N-dealkylation sites (tertiary alicyclic amines) is 1. The van der Waals surface area contributed by atoms with Crippen molar-refractivity contribution in [3.05, 3.63) is 47.0 Å². The molecule has 9 nitrogen and oxygen atoms in total. The number of aromatic hydroxyl groups is 1. The van der Waals surface area contributed by atoms with Gasteiger partial charge in [-0.15, -0.1) is 0 Å². The molecule has 2 atom stereocenters. The first-order chi connectivity index (χ1) is 18.3. The van der Waals surface area contributed by atoms with Crippen molar-refractivity contribution in [1.82, 2.24) is 4.90 Å². The second-order valence-electron chi connectivity index (χ2n) is 9.98. The van der Waals surface area contributed by atoms with Crippen LogP contribution in [0.1, 0.15) is 25.3 Å². The Morgan fingerprint density at radius 1 is 1.13 bits per heavy atom. The predicted molar refractivity (Wildman–Crippen MR) is 137 cm³/mol. The van der Waals surface area contributed by atoms with Crippen LogP contribution in [0, 0.1) is 0 Å². The number of carboxylic acid groups (broad SMARTS) is 1. The Labute approximate surface area is 227 Å². The summed E-state index contributed by atoms with van der Waals surface area (Å²) >= 11 is 6.15. The first kappa shape index (κ1) is 28.8. The van der Waals surface area contributed by atoms with Crippen LogP contribution in [0.2, 0.25) is 5.02 Å². The zero-order valence-corrected chi connectivity index (χ0v) is 21.8. The number of carbonyl (C=O) groups is 2. The predicted octanol–water partition coefficient (Wildman–Crippen LogP) is 3.66. The summed E-state index contributed by atoms with van der Waals surface area (Å²) < 4.78 is 38.1. The summed E-state index contributed by atoms with van der Waals surface area (Å²) in [7, 11) is 0. The van der Waals surface area contributed by atoms with Crippen molar-refractivity contribution in [3.63, 3.8) is 0 Å². The summed E-state index contributed by atoms with van der Waals surface area (Å²) in [6.45, 7) is 4.22. The van der Waals surface area contributed by atoms with E-state index < -0.39 is 18.2 Å². The summed E-state index contributed by atoms with van der Waals surface area (Å²) in [6.07, 6.45) is -2.94. The van der Waals surface area contributed by atoms with Crippen LogP contribution < -0.4 is 15.0 Å². The van der Waals surface area contributed by atoms with Crippen molar-refractivity contribution in [2.75, 3.05) is 36.4 Å². The van der Waals surface area contributed by atoms with Gasteiger partial charge in [-0.25, -0.2) is 4.79 Å². The number of aliphatic hydroxyl groups is 1. The minimum Gasteiger partial charge on any atom is -0.508 e. The van der Waals surface area contributed by atoms with Gasteiger partial charge in [-0.1, -0.05) is 11.6 Å². The zero-order valence-electron chi connectivity index (χ0n) is 21.0. The monoisotopic (exact) mass is 571 g/mol. The highest BCUT2D eigenvalue weighted by Crippen LogP contribution is 2.43. The number of phenols is 1. The summed E-state index contributed by atoms with van der Waals surface area (Å²) in [6, 6.07) is 10.7. The molecule has 3 heterocycles.